The second-order valence-electron chi connectivity index (χ2n) is 13.2. The van der Waals surface area contributed by atoms with Gasteiger partial charge in [-0.15, -0.1) is 0 Å². The van der Waals surface area contributed by atoms with Crippen molar-refractivity contribution in [1.82, 2.24) is 20.0 Å². The Labute approximate surface area is 234 Å². The molecule has 0 aliphatic carbocycles. The van der Waals surface area contributed by atoms with E-state index in [2.05, 4.69) is 33.9 Å². The minimum absolute atomic E-state index is 0.0906. The lowest BCUT2D eigenvalue weighted by molar-refractivity contribution is -0.137. The summed E-state index contributed by atoms with van der Waals surface area (Å²) in [5.74, 6) is 0.191. The van der Waals surface area contributed by atoms with Crippen molar-refractivity contribution < 1.29 is 19.4 Å². The standard InChI is InChI=1S/C31H48N4O4/c1-22(2)35-29(37)33(20-23-13-16-39-17-14-23)21-31(35)18-25-10-11-26(19-31)34(25)15-12-27(24-8-6-5-7-9-24)32-28(36)30(3,4)38/h5-9,22-23,25-27,38H,10-21H2,1-4H3,(H,32,36)/t25?,26?,27-,31?/m0/s1. The largest absolute Gasteiger partial charge is 0.381 e. The molecule has 3 amide bonds. The minimum Gasteiger partial charge on any atom is -0.381 e. The highest BCUT2D eigenvalue weighted by Gasteiger charge is 2.57. The summed E-state index contributed by atoms with van der Waals surface area (Å²) in [4.78, 5) is 33.4. The van der Waals surface area contributed by atoms with Crippen LogP contribution in [0.3, 0.4) is 0 Å². The number of urea groups is 1. The number of ether oxygens (including phenoxy) is 1. The number of carbonyl (C=O) groups is 2. The lowest BCUT2D eigenvalue weighted by Gasteiger charge is -2.49. The van der Waals surface area contributed by atoms with Gasteiger partial charge in [-0.05, 0) is 84.1 Å². The van der Waals surface area contributed by atoms with Crippen LogP contribution in [0.4, 0.5) is 4.79 Å². The predicted molar refractivity (Wildman–Crippen MR) is 151 cm³/mol. The molecule has 0 aromatic heterocycles. The number of rotatable bonds is 9. The molecule has 39 heavy (non-hydrogen) atoms. The van der Waals surface area contributed by atoms with E-state index in [9.17, 15) is 14.7 Å². The van der Waals surface area contributed by atoms with Crippen LogP contribution in [0.1, 0.15) is 84.2 Å². The summed E-state index contributed by atoms with van der Waals surface area (Å²) in [6, 6.07) is 11.2. The van der Waals surface area contributed by atoms with Crippen LogP contribution in [0.5, 0.6) is 0 Å². The van der Waals surface area contributed by atoms with Crippen LogP contribution >= 0.6 is 0 Å². The zero-order valence-corrected chi connectivity index (χ0v) is 24.3. The fraction of sp³-hybridized carbons (Fsp3) is 0.742. The third-order valence-electron chi connectivity index (χ3n) is 9.55. The van der Waals surface area contributed by atoms with Gasteiger partial charge in [-0.3, -0.25) is 9.69 Å². The van der Waals surface area contributed by atoms with E-state index < -0.39 is 5.60 Å². The number of carbonyl (C=O) groups excluding carboxylic acids is 2. The third-order valence-corrected chi connectivity index (χ3v) is 9.55. The Kier molecular flexibility index (Phi) is 8.28. The highest BCUT2D eigenvalue weighted by Crippen LogP contribution is 2.48. The Morgan fingerprint density at radius 1 is 1.10 bits per heavy atom. The third kappa shape index (κ3) is 5.98. The smallest absolute Gasteiger partial charge is 0.320 e. The molecule has 1 spiro atoms. The summed E-state index contributed by atoms with van der Waals surface area (Å²) in [5, 5.41) is 13.4. The average molecular weight is 541 g/mol. The second-order valence-corrected chi connectivity index (χ2v) is 13.2. The molecule has 1 aromatic rings. The number of hydrogen-bond acceptors (Lipinski definition) is 5. The zero-order chi connectivity index (χ0) is 27.8. The van der Waals surface area contributed by atoms with Gasteiger partial charge in [-0.2, -0.15) is 0 Å². The number of fused-ring (bicyclic) bond motifs is 2. The van der Waals surface area contributed by atoms with E-state index in [1.807, 2.05) is 30.3 Å². The van der Waals surface area contributed by atoms with Crippen LogP contribution in [0.2, 0.25) is 0 Å². The van der Waals surface area contributed by atoms with Gasteiger partial charge in [0.05, 0.1) is 11.6 Å². The van der Waals surface area contributed by atoms with Gasteiger partial charge in [-0.25, -0.2) is 4.79 Å². The summed E-state index contributed by atoms with van der Waals surface area (Å²) < 4.78 is 5.56. The average Bonchev–Trinajstić information content (AvgIpc) is 3.30. The van der Waals surface area contributed by atoms with E-state index in [4.69, 9.17) is 4.74 Å². The van der Waals surface area contributed by atoms with Gasteiger partial charge in [0.15, 0.2) is 0 Å². The highest BCUT2D eigenvalue weighted by atomic mass is 16.5. The van der Waals surface area contributed by atoms with Crippen molar-refractivity contribution in [2.75, 3.05) is 32.8 Å². The first kappa shape index (κ1) is 28.4. The quantitative estimate of drug-likeness (QED) is 0.496. The monoisotopic (exact) mass is 540 g/mol. The number of nitrogens with one attached hydrogen (secondary N) is 1. The summed E-state index contributed by atoms with van der Waals surface area (Å²) in [6.45, 7) is 11.6. The fourth-order valence-corrected chi connectivity index (χ4v) is 7.73. The van der Waals surface area contributed by atoms with Crippen molar-refractivity contribution in [3.63, 3.8) is 0 Å². The Balaban J connectivity index is 1.28. The molecule has 2 N–H and O–H groups in total. The zero-order valence-electron chi connectivity index (χ0n) is 24.3. The van der Waals surface area contributed by atoms with Gasteiger partial charge in [0, 0.05) is 51.0 Å². The lowest BCUT2D eigenvalue weighted by atomic mass is 9.81. The van der Waals surface area contributed by atoms with Crippen molar-refractivity contribution in [2.24, 2.45) is 5.92 Å². The summed E-state index contributed by atoms with van der Waals surface area (Å²) >= 11 is 0. The van der Waals surface area contributed by atoms with Crippen LogP contribution in [0.25, 0.3) is 0 Å². The minimum atomic E-state index is -1.42. The molecule has 1 aromatic carbocycles. The molecule has 216 valence electrons. The van der Waals surface area contributed by atoms with Gasteiger partial charge in [0.1, 0.15) is 5.60 Å². The van der Waals surface area contributed by atoms with Gasteiger partial charge in [-0.1, -0.05) is 30.3 Å². The van der Waals surface area contributed by atoms with E-state index >= 15 is 0 Å². The Hall–Kier alpha value is -2.16. The molecule has 8 nitrogen and oxygen atoms in total. The molecule has 3 atom stereocenters. The van der Waals surface area contributed by atoms with Gasteiger partial charge in [0.25, 0.3) is 5.91 Å². The second kappa shape index (κ2) is 11.4. The first-order chi connectivity index (χ1) is 18.6. The van der Waals surface area contributed by atoms with Crippen molar-refractivity contribution >= 4 is 11.9 Å². The van der Waals surface area contributed by atoms with Gasteiger partial charge in [0.2, 0.25) is 0 Å². The molecule has 2 bridgehead atoms. The van der Waals surface area contributed by atoms with Crippen LogP contribution < -0.4 is 5.32 Å². The molecule has 5 rings (SSSR count). The maximum absolute atomic E-state index is 13.7. The first-order valence-corrected chi connectivity index (χ1v) is 15.1. The van der Waals surface area contributed by atoms with Crippen LogP contribution in [0, 0.1) is 5.92 Å². The van der Waals surface area contributed by atoms with Crippen molar-refractivity contribution in [3.8, 4) is 0 Å². The molecule has 0 saturated carbocycles. The number of hydrogen-bond donors (Lipinski definition) is 2. The van der Waals surface area contributed by atoms with E-state index in [0.717, 1.165) is 70.5 Å². The van der Waals surface area contributed by atoms with E-state index in [1.165, 1.54) is 26.7 Å². The summed E-state index contributed by atoms with van der Waals surface area (Å²) in [7, 11) is 0. The Morgan fingerprint density at radius 3 is 2.33 bits per heavy atom. The fourth-order valence-electron chi connectivity index (χ4n) is 7.73. The molecule has 8 heteroatoms. The SMILES string of the molecule is CC(C)N1C(=O)N(CC2CCOCC2)CC12CC1CCC(C2)N1CC[C@H](NC(=O)C(C)(C)O)c1ccccc1. The number of piperidine rings is 1. The first-order valence-electron chi connectivity index (χ1n) is 15.1. The van der Waals surface area contributed by atoms with Crippen molar-refractivity contribution in [1.29, 1.82) is 0 Å². The van der Waals surface area contributed by atoms with Gasteiger partial charge >= 0.3 is 6.03 Å². The molecule has 4 aliphatic rings. The highest BCUT2D eigenvalue weighted by molar-refractivity contribution is 5.84. The van der Waals surface area contributed by atoms with E-state index in [-0.39, 0.29) is 29.6 Å². The molecular formula is C31H48N4O4. The van der Waals surface area contributed by atoms with Crippen LogP contribution in [-0.4, -0.2) is 93.9 Å². The normalized spacial score (nSPS) is 29.0. The van der Waals surface area contributed by atoms with Gasteiger partial charge < -0.3 is 25.0 Å². The molecule has 4 saturated heterocycles. The topological polar surface area (TPSA) is 85.4 Å². The molecular weight excluding hydrogens is 492 g/mol. The van der Waals surface area contributed by atoms with Crippen molar-refractivity contribution in [3.05, 3.63) is 35.9 Å². The predicted octanol–water partition coefficient (Wildman–Crippen LogP) is 3.94. The van der Waals surface area contributed by atoms with Crippen LogP contribution in [-0.2, 0) is 9.53 Å². The van der Waals surface area contributed by atoms with Crippen LogP contribution in [0.15, 0.2) is 30.3 Å². The Morgan fingerprint density at radius 2 is 1.74 bits per heavy atom. The molecule has 2 unspecified atom stereocenters. The maximum Gasteiger partial charge on any atom is 0.320 e. The summed E-state index contributed by atoms with van der Waals surface area (Å²) in [6.07, 6.45) is 7.24. The number of amides is 3. The molecule has 4 fully saturated rings. The Bertz CT molecular complexity index is 990. The number of benzene rings is 1. The molecule has 4 aliphatic heterocycles. The van der Waals surface area contributed by atoms with Crippen molar-refractivity contribution in [2.45, 2.75) is 108 Å². The number of aliphatic hydroxyl groups is 1. The summed E-state index contributed by atoms with van der Waals surface area (Å²) in [5.41, 5.74) is -0.450. The molecule has 4 heterocycles. The van der Waals surface area contributed by atoms with E-state index in [1.54, 1.807) is 0 Å². The van der Waals surface area contributed by atoms with E-state index in [0.29, 0.717) is 18.0 Å². The maximum atomic E-state index is 13.7. The number of nitrogens with zero attached hydrogens (tertiary/aromatic N) is 3. The molecule has 0 radical (unpaired) electrons. The lowest BCUT2D eigenvalue weighted by Crippen LogP contribution is -2.60.